The first kappa shape index (κ1) is 18.8. The van der Waals surface area contributed by atoms with Gasteiger partial charge in [0.15, 0.2) is 9.84 Å². The number of hydrogen-bond donors (Lipinski definition) is 1. The zero-order valence-corrected chi connectivity index (χ0v) is 16.8. The number of sulfone groups is 1. The Morgan fingerprint density at radius 3 is 2.73 bits per heavy atom. The Morgan fingerprint density at radius 2 is 2.04 bits per heavy atom. The van der Waals surface area contributed by atoms with Gasteiger partial charge in [0.25, 0.3) is 5.91 Å². The van der Waals surface area contributed by atoms with Gasteiger partial charge in [0, 0.05) is 28.6 Å². The highest BCUT2D eigenvalue weighted by Gasteiger charge is 2.12. The number of aryl methyl sites for hydroxylation is 1. The fourth-order valence-electron chi connectivity index (χ4n) is 2.40. The first-order valence-corrected chi connectivity index (χ1v) is 11.5. The largest absolute Gasteiger partial charge is 0.352 e. The summed E-state index contributed by atoms with van der Waals surface area (Å²) in [6.45, 7) is 2.47. The monoisotopic (exact) mass is 406 g/mol. The molecule has 8 heteroatoms. The number of benzene rings is 1. The quantitative estimate of drug-likeness (QED) is 0.679. The van der Waals surface area contributed by atoms with Crippen molar-refractivity contribution < 1.29 is 13.2 Å². The molecule has 3 aromatic rings. The third-order valence-corrected chi connectivity index (χ3v) is 6.77. The summed E-state index contributed by atoms with van der Waals surface area (Å²) in [5, 5.41) is 5.92. The van der Waals surface area contributed by atoms with Crippen LogP contribution in [0.2, 0.25) is 0 Å². The van der Waals surface area contributed by atoms with Crippen LogP contribution >= 0.6 is 22.7 Å². The molecule has 5 nitrogen and oxygen atoms in total. The Labute approximate surface area is 160 Å². The average molecular weight is 407 g/mol. The van der Waals surface area contributed by atoms with Crippen molar-refractivity contribution >= 4 is 38.4 Å². The van der Waals surface area contributed by atoms with Crippen molar-refractivity contribution in [1.82, 2.24) is 10.3 Å². The van der Waals surface area contributed by atoms with Gasteiger partial charge in [0.05, 0.1) is 20.5 Å². The van der Waals surface area contributed by atoms with Gasteiger partial charge in [-0.25, -0.2) is 13.4 Å². The Kier molecular flexibility index (Phi) is 5.55. The maximum absolute atomic E-state index is 12.2. The van der Waals surface area contributed by atoms with E-state index in [0.29, 0.717) is 18.5 Å². The minimum atomic E-state index is -3.33. The summed E-state index contributed by atoms with van der Waals surface area (Å²) in [4.78, 5) is 19.1. The fourth-order valence-corrected chi connectivity index (χ4v) is 4.72. The lowest BCUT2D eigenvalue weighted by Gasteiger charge is -2.06. The van der Waals surface area contributed by atoms with Gasteiger partial charge in [0.2, 0.25) is 0 Å². The van der Waals surface area contributed by atoms with Crippen LogP contribution in [-0.4, -0.2) is 32.1 Å². The van der Waals surface area contributed by atoms with Crippen LogP contribution < -0.4 is 5.32 Å². The second-order valence-electron chi connectivity index (χ2n) is 5.82. The molecule has 3 rings (SSSR count). The summed E-state index contributed by atoms with van der Waals surface area (Å²) in [5.74, 6) is -0.276. The van der Waals surface area contributed by atoms with E-state index in [0.717, 1.165) is 26.7 Å². The number of nitrogens with zero attached hydrogens (tertiary/aromatic N) is 1. The van der Waals surface area contributed by atoms with E-state index in [-0.39, 0.29) is 10.8 Å². The van der Waals surface area contributed by atoms with Gasteiger partial charge in [-0.2, -0.15) is 0 Å². The summed E-state index contributed by atoms with van der Waals surface area (Å²) in [7, 11) is -3.33. The second-order valence-corrected chi connectivity index (χ2v) is 10.1. The fraction of sp³-hybridized carbons (Fsp3) is 0.222. The van der Waals surface area contributed by atoms with Gasteiger partial charge in [-0.1, -0.05) is 6.07 Å². The van der Waals surface area contributed by atoms with Gasteiger partial charge in [0.1, 0.15) is 0 Å². The van der Waals surface area contributed by atoms with Crippen molar-refractivity contribution in [1.29, 1.82) is 0 Å². The SMILES string of the molecule is Cc1nc(-c2ccc(CCNC(=O)c3cccc(S(C)(=O)=O)c3)s2)cs1. The molecule has 0 aliphatic carbocycles. The number of carbonyl (C=O) groups excluding carboxylic acids is 1. The molecule has 1 amide bonds. The number of nitrogens with one attached hydrogen (secondary N) is 1. The molecule has 136 valence electrons. The number of amides is 1. The predicted octanol–water partition coefficient (Wildman–Crippen LogP) is 3.56. The highest BCUT2D eigenvalue weighted by Crippen LogP contribution is 2.29. The maximum Gasteiger partial charge on any atom is 0.251 e. The van der Waals surface area contributed by atoms with E-state index in [1.807, 2.05) is 24.4 Å². The number of hydrogen-bond acceptors (Lipinski definition) is 6. The predicted molar refractivity (Wildman–Crippen MR) is 106 cm³/mol. The minimum absolute atomic E-state index is 0.145. The summed E-state index contributed by atoms with van der Waals surface area (Å²) >= 11 is 3.29. The third kappa shape index (κ3) is 4.57. The van der Waals surface area contributed by atoms with Gasteiger partial charge in [-0.05, 0) is 43.7 Å². The molecule has 0 atom stereocenters. The third-order valence-electron chi connectivity index (χ3n) is 3.71. The first-order chi connectivity index (χ1) is 12.3. The van der Waals surface area contributed by atoms with Gasteiger partial charge in [-0.3, -0.25) is 4.79 Å². The molecule has 0 spiro atoms. The normalized spacial score (nSPS) is 11.5. The molecule has 0 fully saturated rings. The standard InChI is InChI=1S/C18H18N2O3S3/c1-12-20-16(11-24-12)17-7-6-14(25-17)8-9-19-18(21)13-4-3-5-15(10-13)26(2,22)23/h3-7,10-11H,8-9H2,1-2H3,(H,19,21). The highest BCUT2D eigenvalue weighted by atomic mass is 32.2. The molecule has 0 saturated carbocycles. The van der Waals surface area contributed by atoms with E-state index in [4.69, 9.17) is 0 Å². The van der Waals surface area contributed by atoms with E-state index in [2.05, 4.69) is 10.3 Å². The molecule has 1 N–H and O–H groups in total. The van der Waals surface area contributed by atoms with E-state index in [1.54, 1.807) is 34.8 Å². The molecule has 2 heterocycles. The van der Waals surface area contributed by atoms with Gasteiger partial charge >= 0.3 is 0 Å². The molecule has 0 aliphatic rings. The number of carbonyl (C=O) groups is 1. The van der Waals surface area contributed by atoms with Gasteiger partial charge < -0.3 is 5.32 Å². The lowest BCUT2D eigenvalue weighted by atomic mass is 10.2. The Balaban J connectivity index is 1.58. The molecular weight excluding hydrogens is 388 g/mol. The van der Waals surface area contributed by atoms with Crippen molar-refractivity contribution in [2.45, 2.75) is 18.2 Å². The summed E-state index contributed by atoms with van der Waals surface area (Å²) in [6, 6.07) is 10.2. The number of aromatic nitrogens is 1. The molecule has 0 saturated heterocycles. The molecule has 2 aromatic heterocycles. The van der Waals surface area contributed by atoms with Crippen LogP contribution in [0.5, 0.6) is 0 Å². The molecule has 26 heavy (non-hydrogen) atoms. The molecule has 0 radical (unpaired) electrons. The van der Waals surface area contributed by atoms with E-state index in [1.165, 1.54) is 12.1 Å². The molecular formula is C18H18N2O3S3. The van der Waals surface area contributed by atoms with Crippen molar-refractivity contribution in [3.8, 4) is 10.6 Å². The zero-order valence-electron chi connectivity index (χ0n) is 14.4. The molecule has 0 bridgehead atoms. The topological polar surface area (TPSA) is 76.1 Å². The number of thiophene rings is 1. The van der Waals surface area contributed by atoms with E-state index >= 15 is 0 Å². The lowest BCUT2D eigenvalue weighted by molar-refractivity contribution is 0.0954. The van der Waals surface area contributed by atoms with Crippen LogP contribution in [0.1, 0.15) is 20.2 Å². The summed E-state index contributed by atoms with van der Waals surface area (Å²) in [6.07, 6.45) is 1.84. The summed E-state index contributed by atoms with van der Waals surface area (Å²) in [5.41, 5.74) is 1.34. The maximum atomic E-state index is 12.2. The van der Waals surface area contributed by atoms with Crippen LogP contribution in [0.4, 0.5) is 0 Å². The number of thiazole rings is 1. The van der Waals surface area contributed by atoms with Crippen LogP contribution in [0.3, 0.4) is 0 Å². The molecule has 0 aliphatic heterocycles. The highest BCUT2D eigenvalue weighted by molar-refractivity contribution is 7.90. The van der Waals surface area contributed by atoms with Crippen LogP contribution in [0.15, 0.2) is 46.7 Å². The number of rotatable bonds is 6. The lowest BCUT2D eigenvalue weighted by Crippen LogP contribution is -2.25. The Morgan fingerprint density at radius 1 is 1.23 bits per heavy atom. The van der Waals surface area contributed by atoms with Crippen molar-refractivity contribution in [2.24, 2.45) is 0 Å². The summed E-state index contributed by atoms with van der Waals surface area (Å²) < 4.78 is 23.2. The van der Waals surface area contributed by atoms with Crippen LogP contribution in [0, 0.1) is 6.92 Å². The van der Waals surface area contributed by atoms with Crippen molar-refractivity contribution in [3.63, 3.8) is 0 Å². The zero-order chi connectivity index (χ0) is 18.7. The Hall–Kier alpha value is -2.03. The molecule has 0 unspecified atom stereocenters. The van der Waals surface area contributed by atoms with Crippen LogP contribution in [0.25, 0.3) is 10.6 Å². The Bertz CT molecular complexity index is 1040. The second kappa shape index (κ2) is 7.69. The first-order valence-electron chi connectivity index (χ1n) is 7.92. The van der Waals surface area contributed by atoms with E-state index < -0.39 is 9.84 Å². The molecule has 1 aromatic carbocycles. The minimum Gasteiger partial charge on any atom is -0.352 e. The smallest absolute Gasteiger partial charge is 0.251 e. The van der Waals surface area contributed by atoms with Crippen molar-refractivity contribution in [3.05, 3.63) is 57.2 Å². The van der Waals surface area contributed by atoms with Crippen molar-refractivity contribution in [2.75, 3.05) is 12.8 Å². The average Bonchev–Trinajstić information content (AvgIpc) is 3.23. The van der Waals surface area contributed by atoms with E-state index in [9.17, 15) is 13.2 Å². The van der Waals surface area contributed by atoms with Gasteiger partial charge in [-0.15, -0.1) is 22.7 Å². The van der Waals surface area contributed by atoms with Crippen LogP contribution in [-0.2, 0) is 16.3 Å².